The number of amides is 1. The van der Waals surface area contributed by atoms with Crippen LogP contribution in [0.2, 0.25) is 5.02 Å². The number of halogens is 1. The summed E-state index contributed by atoms with van der Waals surface area (Å²) in [6.45, 7) is 0.134. The predicted octanol–water partition coefficient (Wildman–Crippen LogP) is 4.22. The number of sulfonamides is 1. The van der Waals surface area contributed by atoms with Gasteiger partial charge in [0.2, 0.25) is 10.0 Å². The zero-order chi connectivity index (χ0) is 20.6. The number of hydrogen-bond donors (Lipinski definition) is 1. The van der Waals surface area contributed by atoms with Crippen molar-refractivity contribution < 1.29 is 13.2 Å². The molecular weight excluding hydrogens is 408 g/mol. The van der Waals surface area contributed by atoms with Gasteiger partial charge in [-0.2, -0.15) is 0 Å². The van der Waals surface area contributed by atoms with Crippen molar-refractivity contribution in [1.82, 2.24) is 5.32 Å². The normalized spacial score (nSPS) is 23.2. The highest BCUT2D eigenvalue weighted by Gasteiger charge is 2.40. The first-order valence-electron chi connectivity index (χ1n) is 9.93. The van der Waals surface area contributed by atoms with Crippen molar-refractivity contribution in [2.75, 3.05) is 10.6 Å². The minimum absolute atomic E-state index is 0.0916. The predicted molar refractivity (Wildman–Crippen MR) is 116 cm³/mol. The first-order chi connectivity index (χ1) is 13.8. The Morgan fingerprint density at radius 1 is 1.10 bits per heavy atom. The molecule has 5 nitrogen and oxygen atoms in total. The maximum Gasteiger partial charge on any atom is 0.251 e. The lowest BCUT2D eigenvalue weighted by Crippen LogP contribution is -2.38. The lowest BCUT2D eigenvalue weighted by atomic mass is 9.95. The Bertz CT molecular complexity index is 1010. The van der Waals surface area contributed by atoms with Crippen LogP contribution in [-0.2, 0) is 16.6 Å². The van der Waals surface area contributed by atoms with E-state index in [2.05, 4.69) is 5.32 Å². The van der Waals surface area contributed by atoms with Crippen LogP contribution in [-0.4, -0.2) is 26.6 Å². The molecule has 2 aliphatic rings. The molecule has 2 fully saturated rings. The number of carbonyl (C=O) groups excluding carboxylic acids is 1. The minimum Gasteiger partial charge on any atom is -0.349 e. The fourth-order valence-corrected chi connectivity index (χ4v) is 5.71. The van der Waals surface area contributed by atoms with Crippen LogP contribution < -0.4 is 9.62 Å². The minimum atomic E-state index is -3.52. The molecule has 2 saturated carbocycles. The molecule has 1 N–H and O–H groups in total. The topological polar surface area (TPSA) is 66.5 Å². The largest absolute Gasteiger partial charge is 0.349 e. The van der Waals surface area contributed by atoms with Gasteiger partial charge in [0.15, 0.2) is 0 Å². The second kappa shape index (κ2) is 8.00. The molecule has 154 valence electrons. The molecule has 0 aromatic heterocycles. The molecular formula is C22H25ClN2O3S. The van der Waals surface area contributed by atoms with E-state index in [1.54, 1.807) is 42.5 Å². The van der Waals surface area contributed by atoms with E-state index in [9.17, 15) is 13.2 Å². The van der Waals surface area contributed by atoms with E-state index in [0.717, 1.165) is 17.9 Å². The van der Waals surface area contributed by atoms with Crippen LogP contribution in [0.3, 0.4) is 0 Å². The Kier molecular flexibility index (Phi) is 5.58. The summed E-state index contributed by atoms with van der Waals surface area (Å²) in [6, 6.07) is 14.2. The van der Waals surface area contributed by atoms with Gasteiger partial charge in [0.1, 0.15) is 0 Å². The molecule has 0 spiro atoms. The number of carbonyl (C=O) groups is 1. The third-order valence-corrected chi connectivity index (χ3v) is 7.65. The molecule has 0 unspecified atom stereocenters. The number of rotatable bonds is 6. The molecule has 2 aromatic carbocycles. The van der Waals surface area contributed by atoms with Gasteiger partial charge in [0.05, 0.1) is 18.5 Å². The van der Waals surface area contributed by atoms with Crippen LogP contribution in [0.4, 0.5) is 5.69 Å². The van der Waals surface area contributed by atoms with Gasteiger partial charge in [0.25, 0.3) is 5.91 Å². The number of benzene rings is 2. The van der Waals surface area contributed by atoms with Crippen LogP contribution >= 0.6 is 11.6 Å². The maximum absolute atomic E-state index is 12.6. The number of hydrogen-bond acceptors (Lipinski definition) is 3. The summed E-state index contributed by atoms with van der Waals surface area (Å²) >= 11 is 6.21. The van der Waals surface area contributed by atoms with Gasteiger partial charge >= 0.3 is 0 Å². The molecule has 0 radical (unpaired) electrons. The number of fused-ring (bicyclic) bond motifs is 2. The van der Waals surface area contributed by atoms with E-state index in [1.165, 1.54) is 29.8 Å². The highest BCUT2D eigenvalue weighted by atomic mass is 35.5. The van der Waals surface area contributed by atoms with Crippen LogP contribution in [0.25, 0.3) is 0 Å². The van der Waals surface area contributed by atoms with Gasteiger partial charge in [-0.3, -0.25) is 9.10 Å². The summed E-state index contributed by atoms with van der Waals surface area (Å²) in [5, 5.41) is 3.68. The molecule has 0 aliphatic heterocycles. The van der Waals surface area contributed by atoms with Gasteiger partial charge in [0, 0.05) is 16.6 Å². The Morgan fingerprint density at radius 3 is 2.41 bits per heavy atom. The fraction of sp³-hybridized carbons (Fsp3) is 0.409. The first kappa shape index (κ1) is 20.2. The molecule has 2 aliphatic carbocycles. The third kappa shape index (κ3) is 4.43. The summed E-state index contributed by atoms with van der Waals surface area (Å²) in [5.74, 6) is 1.28. The molecule has 3 atom stereocenters. The maximum atomic E-state index is 12.6. The zero-order valence-electron chi connectivity index (χ0n) is 16.3. The van der Waals surface area contributed by atoms with Gasteiger partial charge < -0.3 is 5.32 Å². The van der Waals surface area contributed by atoms with E-state index in [0.29, 0.717) is 22.2 Å². The Balaban J connectivity index is 1.50. The van der Waals surface area contributed by atoms with Gasteiger partial charge in [-0.25, -0.2) is 8.42 Å². The van der Waals surface area contributed by atoms with E-state index in [4.69, 9.17) is 11.6 Å². The average molecular weight is 433 g/mol. The smallest absolute Gasteiger partial charge is 0.251 e. The van der Waals surface area contributed by atoms with Crippen molar-refractivity contribution in [3.05, 3.63) is 64.7 Å². The first-order valence-corrected chi connectivity index (χ1v) is 12.2. The molecule has 0 saturated heterocycles. The molecule has 2 bridgehead atoms. The summed E-state index contributed by atoms with van der Waals surface area (Å²) in [5.41, 5.74) is 1.77. The van der Waals surface area contributed by atoms with Gasteiger partial charge in [-0.1, -0.05) is 36.2 Å². The molecule has 4 rings (SSSR count). The van der Waals surface area contributed by atoms with E-state index >= 15 is 0 Å². The molecule has 7 heteroatoms. The zero-order valence-corrected chi connectivity index (χ0v) is 17.9. The van der Waals surface area contributed by atoms with Gasteiger partial charge in [-0.05, 0) is 67.0 Å². The molecule has 0 heterocycles. The average Bonchev–Trinajstić information content (AvgIpc) is 3.30. The lowest BCUT2D eigenvalue weighted by Gasteiger charge is -2.24. The second-order valence-corrected chi connectivity index (χ2v) is 10.5. The summed E-state index contributed by atoms with van der Waals surface area (Å²) in [4.78, 5) is 12.6. The van der Waals surface area contributed by atoms with Crippen LogP contribution in [0.15, 0.2) is 48.5 Å². The van der Waals surface area contributed by atoms with Crippen LogP contribution in [0, 0.1) is 11.8 Å². The molecule has 29 heavy (non-hydrogen) atoms. The number of anilines is 1. The second-order valence-electron chi connectivity index (χ2n) is 8.16. The van der Waals surface area contributed by atoms with Crippen LogP contribution in [0.5, 0.6) is 0 Å². The molecule has 2 aromatic rings. The quantitative estimate of drug-likeness (QED) is 0.742. The van der Waals surface area contributed by atoms with Crippen molar-refractivity contribution >= 4 is 33.2 Å². The highest BCUT2D eigenvalue weighted by Crippen LogP contribution is 2.44. The Morgan fingerprint density at radius 2 is 1.83 bits per heavy atom. The van der Waals surface area contributed by atoms with E-state index in [1.807, 2.05) is 6.07 Å². The summed E-state index contributed by atoms with van der Waals surface area (Å²) in [6.07, 6.45) is 5.97. The Labute approximate surface area is 177 Å². The summed E-state index contributed by atoms with van der Waals surface area (Å²) < 4.78 is 26.0. The lowest BCUT2D eigenvalue weighted by molar-refractivity contribution is 0.0923. The van der Waals surface area contributed by atoms with E-state index < -0.39 is 10.0 Å². The van der Waals surface area contributed by atoms with Crippen molar-refractivity contribution in [2.45, 2.75) is 38.3 Å². The van der Waals surface area contributed by atoms with Crippen molar-refractivity contribution in [2.24, 2.45) is 11.8 Å². The number of nitrogens with zero attached hydrogens (tertiary/aromatic N) is 1. The van der Waals surface area contributed by atoms with Crippen molar-refractivity contribution in [3.8, 4) is 0 Å². The fourth-order valence-electron chi connectivity index (χ4n) is 4.63. The standard InChI is InChI=1S/C22H25ClN2O3S/c1-29(27,28)25(14-18-4-2-3-5-20(18)23)19-10-8-16(9-11-19)22(26)24-21-13-15-6-7-17(21)12-15/h2-5,8-11,15,17,21H,6-7,12-14H2,1H3,(H,24,26)/t15-,17-,21+/m0/s1. The van der Waals surface area contributed by atoms with Crippen molar-refractivity contribution in [1.29, 1.82) is 0 Å². The third-order valence-electron chi connectivity index (χ3n) is 6.14. The summed E-state index contributed by atoms with van der Waals surface area (Å²) in [7, 11) is -3.52. The molecule has 1 amide bonds. The van der Waals surface area contributed by atoms with Gasteiger partial charge in [-0.15, -0.1) is 0 Å². The van der Waals surface area contributed by atoms with Crippen molar-refractivity contribution in [3.63, 3.8) is 0 Å². The van der Waals surface area contributed by atoms with Crippen LogP contribution in [0.1, 0.15) is 41.6 Å². The Hall–Kier alpha value is -2.05. The van der Waals surface area contributed by atoms with E-state index in [-0.39, 0.29) is 18.5 Å². The highest BCUT2D eigenvalue weighted by molar-refractivity contribution is 7.92. The SMILES string of the molecule is CS(=O)(=O)N(Cc1ccccc1Cl)c1ccc(C(=O)N[C@@H]2C[C@H]3CC[C@H]2C3)cc1. The number of nitrogens with one attached hydrogen (secondary N) is 1. The monoisotopic (exact) mass is 432 g/mol.